The van der Waals surface area contributed by atoms with Gasteiger partial charge in [-0.05, 0) is 58.8 Å². The molecule has 144 valence electrons. The highest BCUT2D eigenvalue weighted by molar-refractivity contribution is 9.11. The van der Waals surface area contributed by atoms with Crippen molar-refractivity contribution in [1.82, 2.24) is 9.97 Å². The SMILES string of the molecule is Brc1ccc(-c2nc(-c3ccccn3)ccc2-c2cccc3c(Br)cccc23)cc1. The van der Waals surface area contributed by atoms with Gasteiger partial charge in [0.05, 0.1) is 17.1 Å². The van der Waals surface area contributed by atoms with E-state index in [2.05, 4.69) is 97.5 Å². The molecule has 0 saturated carbocycles. The van der Waals surface area contributed by atoms with Crippen molar-refractivity contribution < 1.29 is 0 Å². The fourth-order valence-electron chi connectivity index (χ4n) is 3.67. The van der Waals surface area contributed by atoms with Crippen LogP contribution in [0, 0.1) is 0 Å². The van der Waals surface area contributed by atoms with Crippen LogP contribution in [0.1, 0.15) is 0 Å². The number of hydrogen-bond donors (Lipinski definition) is 0. The van der Waals surface area contributed by atoms with Crippen LogP contribution in [-0.2, 0) is 0 Å². The first-order valence-corrected chi connectivity index (χ1v) is 11.2. The molecule has 0 amide bonds. The monoisotopic (exact) mass is 514 g/mol. The fourth-order valence-corrected chi connectivity index (χ4v) is 4.43. The molecule has 0 aliphatic carbocycles. The van der Waals surface area contributed by atoms with Crippen molar-refractivity contribution in [2.75, 3.05) is 0 Å². The maximum atomic E-state index is 5.06. The number of fused-ring (bicyclic) bond motifs is 1. The number of hydrogen-bond acceptors (Lipinski definition) is 2. The zero-order valence-electron chi connectivity index (χ0n) is 15.9. The van der Waals surface area contributed by atoms with Crippen LogP contribution >= 0.6 is 31.9 Å². The third-order valence-electron chi connectivity index (χ3n) is 5.10. The van der Waals surface area contributed by atoms with E-state index in [0.29, 0.717) is 0 Å². The first-order valence-electron chi connectivity index (χ1n) is 9.57. The van der Waals surface area contributed by atoms with Gasteiger partial charge in [0.2, 0.25) is 0 Å². The molecule has 0 aliphatic rings. The third-order valence-corrected chi connectivity index (χ3v) is 6.32. The summed E-state index contributed by atoms with van der Waals surface area (Å²) in [6.07, 6.45) is 1.80. The first kappa shape index (κ1) is 19.2. The van der Waals surface area contributed by atoms with Crippen molar-refractivity contribution in [3.63, 3.8) is 0 Å². The maximum absolute atomic E-state index is 5.06. The van der Waals surface area contributed by atoms with E-state index in [1.165, 1.54) is 10.8 Å². The van der Waals surface area contributed by atoms with Gasteiger partial charge in [-0.3, -0.25) is 4.98 Å². The van der Waals surface area contributed by atoms with Crippen molar-refractivity contribution in [1.29, 1.82) is 0 Å². The number of benzene rings is 3. The van der Waals surface area contributed by atoms with Crippen LogP contribution in [0.25, 0.3) is 44.5 Å². The highest BCUT2D eigenvalue weighted by Gasteiger charge is 2.14. The van der Waals surface area contributed by atoms with Gasteiger partial charge in [0, 0.05) is 26.3 Å². The molecule has 5 rings (SSSR count). The van der Waals surface area contributed by atoms with E-state index in [1.807, 2.05) is 30.3 Å². The molecule has 2 aromatic heterocycles. The average Bonchev–Trinajstić information content (AvgIpc) is 2.80. The lowest BCUT2D eigenvalue weighted by Crippen LogP contribution is -1.94. The Kier molecular flexibility index (Phi) is 5.19. The van der Waals surface area contributed by atoms with Gasteiger partial charge in [-0.1, -0.05) is 80.4 Å². The molecule has 0 aliphatic heterocycles. The van der Waals surface area contributed by atoms with E-state index in [1.54, 1.807) is 6.20 Å². The van der Waals surface area contributed by atoms with Crippen LogP contribution < -0.4 is 0 Å². The molecule has 3 aromatic carbocycles. The van der Waals surface area contributed by atoms with Gasteiger partial charge in [-0.2, -0.15) is 0 Å². The van der Waals surface area contributed by atoms with E-state index in [0.717, 1.165) is 42.7 Å². The third kappa shape index (κ3) is 3.57. The molecule has 0 fully saturated rings. The Labute approximate surface area is 191 Å². The highest BCUT2D eigenvalue weighted by atomic mass is 79.9. The summed E-state index contributed by atoms with van der Waals surface area (Å²) in [5, 5.41) is 2.38. The van der Waals surface area contributed by atoms with E-state index < -0.39 is 0 Å². The fraction of sp³-hybridized carbons (Fsp3) is 0. The molecule has 0 N–H and O–H groups in total. The molecule has 0 atom stereocenters. The zero-order valence-corrected chi connectivity index (χ0v) is 19.1. The Balaban J connectivity index is 1.78. The molecule has 30 heavy (non-hydrogen) atoms. The summed E-state index contributed by atoms with van der Waals surface area (Å²) in [5.74, 6) is 0. The Morgan fingerprint density at radius 2 is 1.37 bits per heavy atom. The standard InChI is InChI=1S/C26H16Br2N2/c27-18-12-10-17(11-13-18)26-22(14-15-25(30-26)24-9-1-2-16-29-24)20-5-3-7-21-19(20)6-4-8-23(21)28/h1-16H. The van der Waals surface area contributed by atoms with Gasteiger partial charge < -0.3 is 0 Å². The predicted octanol–water partition coefficient (Wildman–Crippen LogP) is 8.16. The van der Waals surface area contributed by atoms with E-state index in [-0.39, 0.29) is 0 Å². The summed E-state index contributed by atoms with van der Waals surface area (Å²) in [4.78, 5) is 9.54. The van der Waals surface area contributed by atoms with Crippen LogP contribution in [-0.4, -0.2) is 9.97 Å². The Morgan fingerprint density at radius 3 is 2.17 bits per heavy atom. The normalized spacial score (nSPS) is 11.0. The topological polar surface area (TPSA) is 25.8 Å². The lowest BCUT2D eigenvalue weighted by Gasteiger charge is -2.14. The molecule has 0 saturated heterocycles. The minimum Gasteiger partial charge on any atom is -0.255 e. The Bertz CT molecular complexity index is 1350. The number of rotatable bonds is 3. The van der Waals surface area contributed by atoms with E-state index >= 15 is 0 Å². The van der Waals surface area contributed by atoms with Crippen LogP contribution in [0.2, 0.25) is 0 Å². The largest absolute Gasteiger partial charge is 0.255 e. The van der Waals surface area contributed by atoms with Gasteiger partial charge >= 0.3 is 0 Å². The summed E-state index contributed by atoms with van der Waals surface area (Å²) in [7, 11) is 0. The van der Waals surface area contributed by atoms with Crippen molar-refractivity contribution in [2.24, 2.45) is 0 Å². The molecule has 0 unspecified atom stereocenters. The average molecular weight is 516 g/mol. The van der Waals surface area contributed by atoms with Crippen LogP contribution in [0.3, 0.4) is 0 Å². The van der Waals surface area contributed by atoms with Gasteiger partial charge in [0.1, 0.15) is 0 Å². The van der Waals surface area contributed by atoms with Crippen LogP contribution in [0.5, 0.6) is 0 Å². The van der Waals surface area contributed by atoms with Crippen LogP contribution in [0.4, 0.5) is 0 Å². The predicted molar refractivity (Wildman–Crippen MR) is 131 cm³/mol. The summed E-state index contributed by atoms with van der Waals surface area (Å²) < 4.78 is 2.13. The number of nitrogens with zero attached hydrogens (tertiary/aromatic N) is 2. The molecule has 0 radical (unpaired) electrons. The number of aromatic nitrogens is 2. The lowest BCUT2D eigenvalue weighted by molar-refractivity contribution is 1.25. The van der Waals surface area contributed by atoms with Crippen molar-refractivity contribution in [2.45, 2.75) is 0 Å². The Hall–Kier alpha value is -2.82. The minimum absolute atomic E-state index is 0.860. The molecule has 4 heteroatoms. The number of halogens is 2. The quantitative estimate of drug-likeness (QED) is 0.242. The second kappa shape index (κ2) is 8.13. The zero-order chi connectivity index (χ0) is 20.5. The molecule has 0 bridgehead atoms. The minimum atomic E-state index is 0.860. The van der Waals surface area contributed by atoms with Crippen molar-refractivity contribution >= 4 is 42.6 Å². The molecule has 5 aromatic rings. The van der Waals surface area contributed by atoms with Crippen molar-refractivity contribution in [3.8, 4) is 33.8 Å². The number of pyridine rings is 2. The lowest BCUT2D eigenvalue weighted by atomic mass is 9.94. The smallest absolute Gasteiger partial charge is 0.0894 e. The van der Waals surface area contributed by atoms with E-state index in [9.17, 15) is 0 Å². The highest BCUT2D eigenvalue weighted by Crippen LogP contribution is 2.38. The van der Waals surface area contributed by atoms with Gasteiger partial charge in [-0.25, -0.2) is 4.98 Å². The second-order valence-electron chi connectivity index (χ2n) is 6.96. The van der Waals surface area contributed by atoms with Crippen LogP contribution in [0.15, 0.2) is 106 Å². The maximum Gasteiger partial charge on any atom is 0.0894 e. The second-order valence-corrected chi connectivity index (χ2v) is 8.73. The molecular weight excluding hydrogens is 500 g/mol. The molecule has 0 spiro atoms. The summed E-state index contributed by atoms with van der Waals surface area (Å²) in [6.45, 7) is 0. The molecule has 2 nitrogen and oxygen atoms in total. The summed E-state index contributed by atoms with van der Waals surface area (Å²) in [5.41, 5.74) is 5.99. The van der Waals surface area contributed by atoms with Crippen molar-refractivity contribution in [3.05, 3.63) is 106 Å². The first-order chi connectivity index (χ1) is 14.7. The van der Waals surface area contributed by atoms with Gasteiger partial charge in [-0.15, -0.1) is 0 Å². The molecular formula is C26H16Br2N2. The van der Waals surface area contributed by atoms with Gasteiger partial charge in [0.15, 0.2) is 0 Å². The molecule has 2 heterocycles. The Morgan fingerprint density at radius 1 is 0.567 bits per heavy atom. The van der Waals surface area contributed by atoms with Gasteiger partial charge in [0.25, 0.3) is 0 Å². The summed E-state index contributed by atoms with van der Waals surface area (Å²) in [6, 6.07) is 31.1. The van der Waals surface area contributed by atoms with E-state index in [4.69, 9.17) is 4.98 Å². The summed E-state index contributed by atoms with van der Waals surface area (Å²) >= 11 is 7.23.